The van der Waals surface area contributed by atoms with Crippen LogP contribution in [0.15, 0.2) is 60.0 Å². The summed E-state index contributed by atoms with van der Waals surface area (Å²) in [5, 5.41) is 2.74. The van der Waals surface area contributed by atoms with Crippen molar-refractivity contribution < 1.29 is 19.0 Å². The SMILES string of the molecule is COc1cccc(/C=C/C(=O)OCc2csc(-c3cccc(OC)c3)n2)c1. The second-order valence-electron chi connectivity index (χ2n) is 5.59. The van der Waals surface area contributed by atoms with Crippen LogP contribution in [0.5, 0.6) is 11.5 Å². The van der Waals surface area contributed by atoms with Gasteiger partial charge >= 0.3 is 5.97 Å². The lowest BCUT2D eigenvalue weighted by atomic mass is 10.2. The van der Waals surface area contributed by atoms with E-state index in [2.05, 4.69) is 4.98 Å². The van der Waals surface area contributed by atoms with E-state index < -0.39 is 5.97 Å². The van der Waals surface area contributed by atoms with Crippen LogP contribution in [0.3, 0.4) is 0 Å². The van der Waals surface area contributed by atoms with Crippen molar-refractivity contribution >= 4 is 23.4 Å². The molecule has 1 aromatic heterocycles. The summed E-state index contributed by atoms with van der Waals surface area (Å²) in [4.78, 5) is 16.4. The minimum absolute atomic E-state index is 0.127. The molecule has 3 aromatic rings. The van der Waals surface area contributed by atoms with Gasteiger partial charge in [0, 0.05) is 17.0 Å². The molecular formula is C21H19NO4S. The fourth-order valence-corrected chi connectivity index (χ4v) is 3.17. The third-order valence-electron chi connectivity index (χ3n) is 3.74. The number of aromatic nitrogens is 1. The number of ether oxygens (including phenoxy) is 3. The highest BCUT2D eigenvalue weighted by atomic mass is 32.1. The second-order valence-corrected chi connectivity index (χ2v) is 6.45. The largest absolute Gasteiger partial charge is 0.497 e. The molecule has 6 heteroatoms. The molecule has 0 unspecified atom stereocenters. The summed E-state index contributed by atoms with van der Waals surface area (Å²) in [7, 11) is 3.23. The van der Waals surface area contributed by atoms with Crippen molar-refractivity contribution in [2.24, 2.45) is 0 Å². The zero-order chi connectivity index (χ0) is 19.1. The first-order valence-corrected chi connectivity index (χ1v) is 9.13. The molecule has 0 aliphatic heterocycles. The molecule has 0 N–H and O–H groups in total. The van der Waals surface area contributed by atoms with Gasteiger partial charge in [0.2, 0.25) is 0 Å². The number of carbonyl (C=O) groups is 1. The predicted octanol–water partition coefficient (Wildman–Crippen LogP) is 4.58. The van der Waals surface area contributed by atoms with Gasteiger partial charge in [0.15, 0.2) is 0 Å². The lowest BCUT2D eigenvalue weighted by molar-refractivity contribution is -0.139. The summed E-state index contributed by atoms with van der Waals surface area (Å²) in [5.74, 6) is 1.09. The fourth-order valence-electron chi connectivity index (χ4n) is 2.36. The molecule has 0 aliphatic carbocycles. The molecule has 0 bridgehead atoms. The Balaban J connectivity index is 1.57. The van der Waals surface area contributed by atoms with Crippen molar-refractivity contribution in [2.75, 3.05) is 14.2 Å². The van der Waals surface area contributed by atoms with Gasteiger partial charge in [-0.05, 0) is 35.9 Å². The zero-order valence-electron chi connectivity index (χ0n) is 15.0. The minimum Gasteiger partial charge on any atom is -0.497 e. The molecule has 138 valence electrons. The van der Waals surface area contributed by atoms with Crippen LogP contribution in [-0.2, 0) is 16.1 Å². The Morgan fingerprint density at radius 3 is 2.59 bits per heavy atom. The van der Waals surface area contributed by atoms with Crippen LogP contribution >= 0.6 is 11.3 Å². The highest BCUT2D eigenvalue weighted by Crippen LogP contribution is 2.27. The third-order valence-corrected chi connectivity index (χ3v) is 4.68. The number of esters is 1. The Bertz CT molecular complexity index is 949. The third kappa shape index (κ3) is 5.18. The molecule has 1 heterocycles. The van der Waals surface area contributed by atoms with Gasteiger partial charge < -0.3 is 14.2 Å². The first-order valence-electron chi connectivity index (χ1n) is 8.25. The van der Waals surface area contributed by atoms with Gasteiger partial charge in [0.05, 0.1) is 19.9 Å². The highest BCUT2D eigenvalue weighted by Gasteiger charge is 2.07. The topological polar surface area (TPSA) is 57.7 Å². The number of hydrogen-bond donors (Lipinski definition) is 0. The van der Waals surface area contributed by atoms with E-state index in [9.17, 15) is 4.79 Å². The molecule has 3 rings (SSSR count). The average Bonchev–Trinajstić information content (AvgIpc) is 3.20. The van der Waals surface area contributed by atoms with Crippen LogP contribution < -0.4 is 9.47 Å². The Labute approximate surface area is 161 Å². The maximum absolute atomic E-state index is 11.9. The van der Waals surface area contributed by atoms with Crippen LogP contribution in [-0.4, -0.2) is 25.2 Å². The number of methoxy groups -OCH3 is 2. The Morgan fingerprint density at radius 2 is 1.81 bits per heavy atom. The number of rotatable bonds is 7. The van der Waals surface area contributed by atoms with E-state index in [1.165, 1.54) is 17.4 Å². The molecule has 2 aromatic carbocycles. The van der Waals surface area contributed by atoms with E-state index in [-0.39, 0.29) is 6.61 Å². The van der Waals surface area contributed by atoms with Crippen LogP contribution in [0.1, 0.15) is 11.3 Å². The predicted molar refractivity (Wildman–Crippen MR) is 106 cm³/mol. The molecule has 0 fully saturated rings. The Morgan fingerprint density at radius 1 is 1.07 bits per heavy atom. The number of nitrogens with zero attached hydrogens (tertiary/aromatic N) is 1. The maximum Gasteiger partial charge on any atom is 0.331 e. The number of benzene rings is 2. The van der Waals surface area contributed by atoms with Gasteiger partial charge in [-0.3, -0.25) is 0 Å². The Kier molecular flexibility index (Phi) is 6.22. The minimum atomic E-state index is -0.422. The molecule has 0 amide bonds. The number of hydrogen-bond acceptors (Lipinski definition) is 6. The fraction of sp³-hybridized carbons (Fsp3) is 0.143. The van der Waals surface area contributed by atoms with Gasteiger partial charge in [-0.25, -0.2) is 9.78 Å². The zero-order valence-corrected chi connectivity index (χ0v) is 15.9. The summed E-state index contributed by atoms with van der Waals surface area (Å²) in [6.07, 6.45) is 3.08. The molecule has 0 atom stereocenters. The summed E-state index contributed by atoms with van der Waals surface area (Å²) < 4.78 is 15.7. The monoisotopic (exact) mass is 381 g/mol. The van der Waals surface area contributed by atoms with Crippen LogP contribution in [0.2, 0.25) is 0 Å². The maximum atomic E-state index is 11.9. The summed E-state index contributed by atoms with van der Waals surface area (Å²) >= 11 is 1.50. The van der Waals surface area contributed by atoms with Crippen molar-refractivity contribution in [2.45, 2.75) is 6.61 Å². The van der Waals surface area contributed by atoms with Gasteiger partial charge in [-0.2, -0.15) is 0 Å². The van der Waals surface area contributed by atoms with E-state index in [4.69, 9.17) is 14.2 Å². The smallest absolute Gasteiger partial charge is 0.331 e. The molecule has 0 radical (unpaired) electrons. The first-order chi connectivity index (χ1) is 13.2. The van der Waals surface area contributed by atoms with Crippen LogP contribution in [0.25, 0.3) is 16.6 Å². The van der Waals surface area contributed by atoms with Gasteiger partial charge in [-0.1, -0.05) is 24.3 Å². The van der Waals surface area contributed by atoms with Crippen molar-refractivity contribution in [1.29, 1.82) is 0 Å². The summed E-state index contributed by atoms with van der Waals surface area (Å²) in [6.45, 7) is 0.127. The lowest BCUT2D eigenvalue weighted by Gasteiger charge is -2.02. The van der Waals surface area contributed by atoms with Crippen molar-refractivity contribution in [3.63, 3.8) is 0 Å². The van der Waals surface area contributed by atoms with Crippen molar-refractivity contribution in [3.05, 3.63) is 71.2 Å². The molecule has 0 saturated heterocycles. The molecular weight excluding hydrogens is 362 g/mol. The molecule has 0 spiro atoms. The van der Waals surface area contributed by atoms with Crippen molar-refractivity contribution in [1.82, 2.24) is 4.98 Å². The molecule has 0 aliphatic rings. The summed E-state index contributed by atoms with van der Waals surface area (Å²) in [5.41, 5.74) is 2.54. The summed E-state index contributed by atoms with van der Waals surface area (Å²) in [6, 6.07) is 15.1. The van der Waals surface area contributed by atoms with Crippen LogP contribution in [0, 0.1) is 0 Å². The van der Waals surface area contributed by atoms with E-state index in [1.54, 1.807) is 20.3 Å². The van der Waals surface area contributed by atoms with E-state index in [0.29, 0.717) is 5.69 Å². The average molecular weight is 381 g/mol. The molecule has 27 heavy (non-hydrogen) atoms. The Hall–Kier alpha value is -3.12. The molecule has 0 saturated carbocycles. The number of carbonyl (C=O) groups excluding carboxylic acids is 1. The quantitative estimate of drug-likeness (QED) is 0.443. The first kappa shape index (κ1) is 18.7. The van der Waals surface area contributed by atoms with E-state index >= 15 is 0 Å². The number of thiazole rings is 1. The normalized spacial score (nSPS) is 10.7. The van der Waals surface area contributed by atoms with Crippen molar-refractivity contribution in [3.8, 4) is 22.1 Å². The van der Waals surface area contributed by atoms with Gasteiger partial charge in [-0.15, -0.1) is 11.3 Å². The lowest BCUT2D eigenvalue weighted by Crippen LogP contribution is -2.01. The van der Waals surface area contributed by atoms with Gasteiger partial charge in [0.25, 0.3) is 0 Å². The highest BCUT2D eigenvalue weighted by molar-refractivity contribution is 7.13. The second kappa shape index (κ2) is 9.00. The van der Waals surface area contributed by atoms with E-state index in [0.717, 1.165) is 27.6 Å². The van der Waals surface area contributed by atoms with Crippen LogP contribution in [0.4, 0.5) is 0 Å². The standard InChI is InChI=1S/C21H19NO4S/c1-24-18-7-3-5-15(11-18)9-10-20(23)26-13-17-14-27-21(22-17)16-6-4-8-19(12-16)25-2/h3-12,14H,13H2,1-2H3/b10-9+. The van der Waals surface area contributed by atoms with Gasteiger partial charge in [0.1, 0.15) is 23.1 Å². The molecule has 5 nitrogen and oxygen atoms in total. The van der Waals surface area contributed by atoms with E-state index in [1.807, 2.05) is 53.9 Å².